The van der Waals surface area contributed by atoms with Crippen molar-refractivity contribution in [2.45, 2.75) is 52.6 Å². The van der Waals surface area contributed by atoms with E-state index >= 15 is 0 Å². The molecule has 1 aromatic heterocycles. The summed E-state index contributed by atoms with van der Waals surface area (Å²) in [6, 6.07) is 2.02. The standard InChI is InChI=1S/C14H25N3O/c1-5-8-11-10-13(15-4)17-14(16-11)12(9-6-2)18-7-3/h10,12H,5-9H2,1-4H3,(H,15,16,17). The van der Waals surface area contributed by atoms with E-state index in [4.69, 9.17) is 4.74 Å². The van der Waals surface area contributed by atoms with Crippen LogP contribution in [0, 0.1) is 0 Å². The Balaban J connectivity index is 2.99. The number of aryl methyl sites for hydroxylation is 1. The number of ether oxygens (including phenoxy) is 1. The van der Waals surface area contributed by atoms with E-state index in [1.165, 1.54) is 0 Å². The molecule has 0 aliphatic rings. The molecular weight excluding hydrogens is 226 g/mol. The SMILES string of the molecule is CCCc1cc(NC)nc(C(CCC)OCC)n1. The maximum absolute atomic E-state index is 5.75. The Morgan fingerprint density at radius 3 is 2.56 bits per heavy atom. The van der Waals surface area contributed by atoms with Crippen molar-refractivity contribution in [1.29, 1.82) is 0 Å². The van der Waals surface area contributed by atoms with Crippen molar-refractivity contribution in [2.24, 2.45) is 0 Å². The van der Waals surface area contributed by atoms with Gasteiger partial charge in [0.1, 0.15) is 11.9 Å². The minimum Gasteiger partial charge on any atom is -0.373 e. The molecule has 1 rings (SSSR count). The molecule has 1 unspecified atom stereocenters. The van der Waals surface area contributed by atoms with E-state index in [1.807, 2.05) is 20.0 Å². The molecule has 18 heavy (non-hydrogen) atoms. The summed E-state index contributed by atoms with van der Waals surface area (Å²) in [5.41, 5.74) is 1.09. The predicted octanol–water partition coefficient (Wildman–Crippen LogP) is 3.35. The third-order valence-corrected chi connectivity index (χ3v) is 2.77. The molecule has 1 atom stereocenters. The van der Waals surface area contributed by atoms with E-state index in [0.717, 1.165) is 43.0 Å². The fourth-order valence-corrected chi connectivity index (χ4v) is 1.92. The second-order valence-corrected chi connectivity index (χ2v) is 4.34. The molecule has 0 aromatic carbocycles. The third kappa shape index (κ3) is 4.26. The van der Waals surface area contributed by atoms with Crippen LogP contribution in [0.15, 0.2) is 6.07 Å². The smallest absolute Gasteiger partial charge is 0.159 e. The normalized spacial score (nSPS) is 12.4. The van der Waals surface area contributed by atoms with E-state index in [9.17, 15) is 0 Å². The Bertz CT molecular complexity index is 349. The second-order valence-electron chi connectivity index (χ2n) is 4.34. The summed E-state index contributed by atoms with van der Waals surface area (Å²) in [6.45, 7) is 7.02. The van der Waals surface area contributed by atoms with Gasteiger partial charge in [0.2, 0.25) is 0 Å². The van der Waals surface area contributed by atoms with Gasteiger partial charge in [0, 0.05) is 25.4 Å². The van der Waals surface area contributed by atoms with Gasteiger partial charge in [-0.1, -0.05) is 26.7 Å². The van der Waals surface area contributed by atoms with Crippen LogP contribution in [0.25, 0.3) is 0 Å². The van der Waals surface area contributed by atoms with E-state index < -0.39 is 0 Å². The van der Waals surface area contributed by atoms with Crippen LogP contribution < -0.4 is 5.32 Å². The molecular formula is C14H25N3O. The Hall–Kier alpha value is -1.16. The third-order valence-electron chi connectivity index (χ3n) is 2.77. The maximum Gasteiger partial charge on any atom is 0.159 e. The van der Waals surface area contributed by atoms with Crippen LogP contribution in [0.4, 0.5) is 5.82 Å². The van der Waals surface area contributed by atoms with Crippen LogP contribution in [0.1, 0.15) is 57.7 Å². The van der Waals surface area contributed by atoms with Gasteiger partial charge in [-0.3, -0.25) is 0 Å². The molecule has 0 fully saturated rings. The number of anilines is 1. The van der Waals surface area contributed by atoms with Gasteiger partial charge in [0.05, 0.1) is 0 Å². The summed E-state index contributed by atoms with van der Waals surface area (Å²) in [6.07, 6.45) is 4.12. The lowest BCUT2D eigenvalue weighted by Crippen LogP contribution is -2.11. The first-order chi connectivity index (χ1) is 8.74. The van der Waals surface area contributed by atoms with Crippen LogP contribution in [0.2, 0.25) is 0 Å². The van der Waals surface area contributed by atoms with Crippen LogP contribution in [0.5, 0.6) is 0 Å². The largest absolute Gasteiger partial charge is 0.373 e. The number of rotatable bonds is 8. The van der Waals surface area contributed by atoms with Gasteiger partial charge in [-0.25, -0.2) is 9.97 Å². The van der Waals surface area contributed by atoms with Crippen molar-refractivity contribution in [1.82, 2.24) is 9.97 Å². The van der Waals surface area contributed by atoms with Crippen molar-refractivity contribution in [2.75, 3.05) is 19.0 Å². The Labute approximate surface area is 110 Å². The summed E-state index contributed by atoms with van der Waals surface area (Å²) < 4.78 is 5.75. The molecule has 4 heteroatoms. The van der Waals surface area contributed by atoms with Gasteiger partial charge in [0.25, 0.3) is 0 Å². The van der Waals surface area contributed by atoms with E-state index in [0.29, 0.717) is 6.61 Å². The zero-order valence-electron chi connectivity index (χ0n) is 12.0. The number of aromatic nitrogens is 2. The zero-order valence-corrected chi connectivity index (χ0v) is 12.0. The number of nitrogens with one attached hydrogen (secondary N) is 1. The first kappa shape index (κ1) is 14.9. The molecule has 1 N–H and O–H groups in total. The van der Waals surface area contributed by atoms with Crippen LogP contribution in [0.3, 0.4) is 0 Å². The topological polar surface area (TPSA) is 47.0 Å². The molecule has 4 nitrogen and oxygen atoms in total. The molecule has 0 aliphatic carbocycles. The summed E-state index contributed by atoms with van der Waals surface area (Å²) in [4.78, 5) is 9.16. The van der Waals surface area contributed by atoms with Crippen molar-refractivity contribution in [3.05, 3.63) is 17.6 Å². The molecule has 0 saturated heterocycles. The summed E-state index contributed by atoms with van der Waals surface area (Å²) >= 11 is 0. The van der Waals surface area contributed by atoms with Crippen molar-refractivity contribution in [3.63, 3.8) is 0 Å². The highest BCUT2D eigenvalue weighted by Crippen LogP contribution is 2.21. The number of nitrogens with zero attached hydrogens (tertiary/aromatic N) is 2. The highest BCUT2D eigenvalue weighted by molar-refractivity contribution is 5.35. The minimum absolute atomic E-state index is 0.0175. The Morgan fingerprint density at radius 1 is 1.22 bits per heavy atom. The fraction of sp³-hybridized carbons (Fsp3) is 0.714. The van der Waals surface area contributed by atoms with E-state index in [-0.39, 0.29) is 6.10 Å². The summed E-state index contributed by atoms with van der Waals surface area (Å²) in [7, 11) is 1.89. The highest BCUT2D eigenvalue weighted by atomic mass is 16.5. The average Bonchev–Trinajstić information content (AvgIpc) is 2.38. The monoisotopic (exact) mass is 251 g/mol. The van der Waals surface area contributed by atoms with Crippen molar-refractivity contribution < 1.29 is 4.74 Å². The number of hydrogen-bond donors (Lipinski definition) is 1. The van der Waals surface area contributed by atoms with Gasteiger partial charge >= 0.3 is 0 Å². The fourth-order valence-electron chi connectivity index (χ4n) is 1.92. The lowest BCUT2D eigenvalue weighted by atomic mass is 10.1. The molecule has 0 spiro atoms. The van der Waals surface area contributed by atoms with E-state index in [2.05, 4.69) is 29.1 Å². The lowest BCUT2D eigenvalue weighted by molar-refractivity contribution is 0.0493. The molecule has 1 aromatic rings. The number of hydrogen-bond acceptors (Lipinski definition) is 4. The summed E-state index contributed by atoms with van der Waals surface area (Å²) in [5.74, 6) is 1.69. The van der Waals surface area contributed by atoms with Crippen LogP contribution in [-0.4, -0.2) is 23.6 Å². The molecule has 1 heterocycles. The van der Waals surface area contributed by atoms with Gasteiger partial charge < -0.3 is 10.1 Å². The maximum atomic E-state index is 5.75. The van der Waals surface area contributed by atoms with Crippen molar-refractivity contribution in [3.8, 4) is 0 Å². The molecule has 0 bridgehead atoms. The zero-order chi connectivity index (χ0) is 13.4. The van der Waals surface area contributed by atoms with Gasteiger partial charge in [0.15, 0.2) is 5.82 Å². The Kier molecular flexibility index (Phi) is 6.65. The quantitative estimate of drug-likeness (QED) is 0.769. The molecule has 0 amide bonds. The van der Waals surface area contributed by atoms with Gasteiger partial charge in [-0.05, 0) is 19.8 Å². The molecule has 0 saturated carbocycles. The second kappa shape index (κ2) is 8.03. The first-order valence-electron chi connectivity index (χ1n) is 6.92. The van der Waals surface area contributed by atoms with Crippen LogP contribution >= 0.6 is 0 Å². The van der Waals surface area contributed by atoms with Gasteiger partial charge in [-0.15, -0.1) is 0 Å². The Morgan fingerprint density at radius 2 is 2.00 bits per heavy atom. The average molecular weight is 251 g/mol. The van der Waals surface area contributed by atoms with Gasteiger partial charge in [-0.2, -0.15) is 0 Å². The van der Waals surface area contributed by atoms with Crippen LogP contribution in [-0.2, 0) is 11.2 Å². The summed E-state index contributed by atoms with van der Waals surface area (Å²) in [5, 5.41) is 3.10. The van der Waals surface area contributed by atoms with Crippen molar-refractivity contribution >= 4 is 5.82 Å². The minimum atomic E-state index is 0.0175. The highest BCUT2D eigenvalue weighted by Gasteiger charge is 2.15. The molecule has 102 valence electrons. The first-order valence-corrected chi connectivity index (χ1v) is 6.92. The molecule has 0 radical (unpaired) electrons. The molecule has 0 aliphatic heterocycles. The lowest BCUT2D eigenvalue weighted by Gasteiger charge is -2.16. The predicted molar refractivity (Wildman–Crippen MR) is 74.8 cm³/mol. The van der Waals surface area contributed by atoms with E-state index in [1.54, 1.807) is 0 Å².